The molecule has 0 radical (unpaired) electrons. The number of hydrogen-bond acceptors (Lipinski definition) is 2. The van der Waals surface area contributed by atoms with E-state index in [1.54, 1.807) is 0 Å². The second-order valence-electron chi connectivity index (χ2n) is 6.25. The van der Waals surface area contributed by atoms with E-state index in [1.165, 1.54) is 56.2 Å². The summed E-state index contributed by atoms with van der Waals surface area (Å²) in [6.45, 7) is 3.06. The number of benzene rings is 1. The molecule has 2 heteroatoms. The minimum absolute atomic E-state index is 0.653. The van der Waals surface area contributed by atoms with Crippen molar-refractivity contribution in [3.63, 3.8) is 0 Å². The second-order valence-corrected chi connectivity index (χ2v) is 6.25. The van der Waals surface area contributed by atoms with E-state index in [9.17, 15) is 0 Å². The lowest BCUT2D eigenvalue weighted by Gasteiger charge is -2.44. The maximum Gasteiger partial charge on any atom is 0.0236 e. The summed E-state index contributed by atoms with van der Waals surface area (Å²) in [6.07, 6.45) is 8.62. The lowest BCUT2D eigenvalue weighted by Crippen LogP contribution is -2.46. The molecule has 104 valence electrons. The standard InChI is InChI=1S/C17H26N2/c18-12-14-5-3-6-15(11-14)13-19-10-4-8-16-7-1-2-9-17(16)19/h3,5-6,11,16-17H,1-2,4,7-10,12-13,18H2. The molecular formula is C17H26N2. The first-order valence-corrected chi connectivity index (χ1v) is 7.89. The van der Waals surface area contributed by atoms with Crippen LogP contribution in [0.3, 0.4) is 0 Å². The molecule has 1 heterocycles. The van der Waals surface area contributed by atoms with Crippen LogP contribution < -0.4 is 5.73 Å². The molecule has 0 bridgehead atoms. The van der Waals surface area contributed by atoms with Crippen molar-refractivity contribution in [2.75, 3.05) is 6.54 Å². The predicted octanol–water partition coefficient (Wildman–Crippen LogP) is 3.30. The van der Waals surface area contributed by atoms with Gasteiger partial charge in [-0.15, -0.1) is 0 Å². The van der Waals surface area contributed by atoms with Gasteiger partial charge in [0, 0.05) is 19.1 Å². The van der Waals surface area contributed by atoms with Crippen LogP contribution in [-0.2, 0) is 13.1 Å². The number of rotatable bonds is 3. The van der Waals surface area contributed by atoms with Gasteiger partial charge in [0.2, 0.25) is 0 Å². The van der Waals surface area contributed by atoms with Crippen molar-refractivity contribution in [1.29, 1.82) is 0 Å². The van der Waals surface area contributed by atoms with E-state index in [2.05, 4.69) is 29.2 Å². The minimum atomic E-state index is 0.653. The van der Waals surface area contributed by atoms with Crippen LogP contribution in [-0.4, -0.2) is 17.5 Å². The van der Waals surface area contributed by atoms with Crippen molar-refractivity contribution < 1.29 is 0 Å². The molecule has 2 atom stereocenters. The fourth-order valence-electron chi connectivity index (χ4n) is 4.01. The Hall–Kier alpha value is -0.860. The van der Waals surface area contributed by atoms with Crippen LogP contribution in [0.1, 0.15) is 49.7 Å². The number of nitrogens with zero attached hydrogens (tertiary/aromatic N) is 1. The molecule has 2 unspecified atom stereocenters. The molecule has 1 aromatic carbocycles. The predicted molar refractivity (Wildman–Crippen MR) is 79.7 cm³/mol. The maximum atomic E-state index is 5.74. The van der Waals surface area contributed by atoms with Gasteiger partial charge >= 0.3 is 0 Å². The Morgan fingerprint density at radius 1 is 1.05 bits per heavy atom. The molecule has 2 N–H and O–H groups in total. The summed E-state index contributed by atoms with van der Waals surface area (Å²) >= 11 is 0. The van der Waals surface area contributed by atoms with Gasteiger partial charge in [-0.05, 0) is 49.3 Å². The van der Waals surface area contributed by atoms with E-state index in [-0.39, 0.29) is 0 Å². The van der Waals surface area contributed by atoms with Crippen molar-refractivity contribution in [3.8, 4) is 0 Å². The number of likely N-dealkylation sites (tertiary alicyclic amines) is 1. The molecule has 1 aliphatic heterocycles. The summed E-state index contributed by atoms with van der Waals surface area (Å²) in [7, 11) is 0. The number of fused-ring (bicyclic) bond motifs is 1. The van der Waals surface area contributed by atoms with E-state index in [4.69, 9.17) is 5.73 Å². The summed E-state index contributed by atoms with van der Waals surface area (Å²) in [6, 6.07) is 9.67. The van der Waals surface area contributed by atoms with Gasteiger partial charge < -0.3 is 5.73 Å². The molecule has 0 aromatic heterocycles. The quantitative estimate of drug-likeness (QED) is 0.901. The highest BCUT2D eigenvalue weighted by Crippen LogP contribution is 2.35. The molecule has 3 rings (SSSR count). The molecule has 2 fully saturated rings. The summed E-state index contributed by atoms with van der Waals surface area (Å²) in [5, 5.41) is 0. The fraction of sp³-hybridized carbons (Fsp3) is 0.647. The van der Waals surface area contributed by atoms with E-state index >= 15 is 0 Å². The van der Waals surface area contributed by atoms with Gasteiger partial charge in [-0.1, -0.05) is 37.1 Å². The smallest absolute Gasteiger partial charge is 0.0236 e. The normalized spacial score (nSPS) is 28.1. The molecule has 0 amide bonds. The van der Waals surface area contributed by atoms with Gasteiger partial charge in [-0.2, -0.15) is 0 Å². The largest absolute Gasteiger partial charge is 0.326 e. The lowest BCUT2D eigenvalue weighted by atomic mass is 9.78. The molecule has 2 nitrogen and oxygen atoms in total. The summed E-state index contributed by atoms with van der Waals surface area (Å²) < 4.78 is 0. The van der Waals surface area contributed by atoms with Crippen molar-refractivity contribution >= 4 is 0 Å². The van der Waals surface area contributed by atoms with E-state index < -0.39 is 0 Å². The highest BCUT2D eigenvalue weighted by atomic mass is 15.2. The Bertz CT molecular complexity index is 413. The minimum Gasteiger partial charge on any atom is -0.326 e. The second kappa shape index (κ2) is 6.06. The molecule has 1 saturated heterocycles. The van der Waals surface area contributed by atoms with Gasteiger partial charge in [0.25, 0.3) is 0 Å². The molecule has 1 saturated carbocycles. The van der Waals surface area contributed by atoms with Gasteiger partial charge in [0.1, 0.15) is 0 Å². The Morgan fingerprint density at radius 2 is 1.84 bits per heavy atom. The fourth-order valence-corrected chi connectivity index (χ4v) is 4.01. The van der Waals surface area contributed by atoms with Crippen LogP contribution in [0.25, 0.3) is 0 Å². The third-order valence-corrected chi connectivity index (χ3v) is 4.97. The zero-order valence-electron chi connectivity index (χ0n) is 11.9. The van der Waals surface area contributed by atoms with Crippen LogP contribution in [0.5, 0.6) is 0 Å². The first kappa shape index (κ1) is 13.1. The third kappa shape index (κ3) is 3.01. The molecule has 0 spiro atoms. The molecule has 1 aliphatic carbocycles. The first-order chi connectivity index (χ1) is 9.36. The SMILES string of the molecule is NCc1cccc(CN2CCCC3CCCCC32)c1. The third-order valence-electron chi connectivity index (χ3n) is 4.97. The number of hydrogen-bond donors (Lipinski definition) is 1. The average molecular weight is 258 g/mol. The highest BCUT2D eigenvalue weighted by Gasteiger charge is 2.32. The number of nitrogens with two attached hydrogens (primary N) is 1. The lowest BCUT2D eigenvalue weighted by molar-refractivity contribution is 0.0547. The Kier molecular flexibility index (Phi) is 4.19. The van der Waals surface area contributed by atoms with Crippen molar-refractivity contribution in [1.82, 2.24) is 4.90 Å². The molecular weight excluding hydrogens is 232 g/mol. The number of piperidine rings is 1. The Morgan fingerprint density at radius 3 is 2.74 bits per heavy atom. The van der Waals surface area contributed by atoms with Crippen molar-refractivity contribution in [2.45, 2.75) is 57.7 Å². The molecule has 19 heavy (non-hydrogen) atoms. The van der Waals surface area contributed by atoms with Crippen LogP contribution in [0.4, 0.5) is 0 Å². The van der Waals surface area contributed by atoms with Gasteiger partial charge in [0.15, 0.2) is 0 Å². The molecule has 1 aromatic rings. The van der Waals surface area contributed by atoms with Gasteiger partial charge in [0.05, 0.1) is 0 Å². The first-order valence-electron chi connectivity index (χ1n) is 7.89. The summed E-state index contributed by atoms with van der Waals surface area (Å²) in [5.41, 5.74) is 8.44. The van der Waals surface area contributed by atoms with Crippen LogP contribution in [0, 0.1) is 5.92 Å². The topological polar surface area (TPSA) is 29.3 Å². The van der Waals surface area contributed by atoms with Gasteiger partial charge in [-0.3, -0.25) is 4.90 Å². The Labute approximate surface area is 117 Å². The summed E-state index contributed by atoms with van der Waals surface area (Å²) in [4.78, 5) is 2.74. The monoisotopic (exact) mass is 258 g/mol. The molecule has 2 aliphatic rings. The summed E-state index contributed by atoms with van der Waals surface area (Å²) in [5.74, 6) is 0.972. The van der Waals surface area contributed by atoms with E-state index in [0.29, 0.717) is 6.54 Å². The van der Waals surface area contributed by atoms with E-state index in [1.807, 2.05) is 0 Å². The highest BCUT2D eigenvalue weighted by molar-refractivity contribution is 5.23. The van der Waals surface area contributed by atoms with Crippen molar-refractivity contribution in [2.24, 2.45) is 11.7 Å². The maximum absolute atomic E-state index is 5.74. The van der Waals surface area contributed by atoms with Crippen LogP contribution in [0.2, 0.25) is 0 Å². The average Bonchev–Trinajstić information content (AvgIpc) is 2.48. The zero-order chi connectivity index (χ0) is 13.1. The van der Waals surface area contributed by atoms with Crippen molar-refractivity contribution in [3.05, 3.63) is 35.4 Å². The van der Waals surface area contributed by atoms with Gasteiger partial charge in [-0.25, -0.2) is 0 Å². The van der Waals surface area contributed by atoms with Crippen LogP contribution in [0.15, 0.2) is 24.3 Å². The van der Waals surface area contributed by atoms with Crippen LogP contribution >= 0.6 is 0 Å². The van der Waals surface area contributed by atoms with E-state index in [0.717, 1.165) is 18.5 Å². The Balaban J connectivity index is 1.70. The zero-order valence-corrected chi connectivity index (χ0v) is 11.9.